The van der Waals surface area contributed by atoms with Crippen molar-refractivity contribution < 1.29 is 0 Å². The van der Waals surface area contributed by atoms with Crippen LogP contribution < -0.4 is 11.4 Å². The highest BCUT2D eigenvalue weighted by Gasteiger charge is 2.18. The van der Waals surface area contributed by atoms with Crippen LogP contribution in [0.1, 0.15) is 0 Å². The van der Waals surface area contributed by atoms with Crippen molar-refractivity contribution in [2.75, 3.05) is 0 Å². The molecule has 0 aliphatic carbocycles. The molecule has 0 aliphatic rings. The van der Waals surface area contributed by atoms with Crippen molar-refractivity contribution >= 4 is 44.7 Å². The molecule has 0 N–H and O–H groups in total. The maximum Gasteiger partial charge on any atom is 0.328 e. The van der Waals surface area contributed by atoms with Gasteiger partial charge >= 0.3 is 11.4 Å². The van der Waals surface area contributed by atoms with E-state index < -0.39 is 0 Å². The lowest BCUT2D eigenvalue weighted by Crippen LogP contribution is -2.19. The highest BCUT2D eigenvalue weighted by Crippen LogP contribution is 2.38. The zero-order chi connectivity index (χ0) is 19.7. The molecular formula is C20H18N4O2S2. The Balaban J connectivity index is 1.65. The van der Waals surface area contributed by atoms with E-state index in [1.54, 1.807) is 55.0 Å². The number of nitrogens with zero attached hydrogens (tertiary/aromatic N) is 4. The standard InChI is InChI=1S/C20H18N4O2S2/c1-21-13-9-27-17(15(13)23(3)19(21)25)11-5-7-12(8-6-11)18-16-14(10-28-18)22(2)20(26)24(16)4/h5-10H,1-4H3. The van der Waals surface area contributed by atoms with Crippen molar-refractivity contribution in [3.05, 3.63) is 56.0 Å². The molecule has 0 fully saturated rings. The first-order chi connectivity index (χ1) is 13.4. The zero-order valence-electron chi connectivity index (χ0n) is 15.9. The van der Waals surface area contributed by atoms with Gasteiger partial charge in [0.25, 0.3) is 0 Å². The lowest BCUT2D eigenvalue weighted by Gasteiger charge is -2.03. The number of aromatic nitrogens is 4. The van der Waals surface area contributed by atoms with Crippen LogP contribution in [0.2, 0.25) is 0 Å². The van der Waals surface area contributed by atoms with Crippen molar-refractivity contribution in [2.45, 2.75) is 0 Å². The quantitative estimate of drug-likeness (QED) is 0.447. The molecule has 0 bridgehead atoms. The first kappa shape index (κ1) is 17.3. The van der Waals surface area contributed by atoms with Crippen molar-refractivity contribution in [3.8, 4) is 20.9 Å². The largest absolute Gasteiger partial charge is 0.328 e. The fourth-order valence-electron chi connectivity index (χ4n) is 3.84. The van der Waals surface area contributed by atoms with Crippen LogP contribution >= 0.6 is 22.7 Å². The number of hydrogen-bond donors (Lipinski definition) is 0. The minimum Gasteiger partial charge on any atom is -0.294 e. The lowest BCUT2D eigenvalue weighted by molar-refractivity contribution is 0.795. The van der Waals surface area contributed by atoms with E-state index >= 15 is 0 Å². The van der Waals surface area contributed by atoms with Crippen molar-refractivity contribution in [2.24, 2.45) is 28.2 Å². The van der Waals surface area contributed by atoms with Crippen LogP contribution in [0.5, 0.6) is 0 Å². The Morgan fingerprint density at radius 2 is 0.964 bits per heavy atom. The Labute approximate surface area is 168 Å². The average molecular weight is 411 g/mol. The van der Waals surface area contributed by atoms with Crippen LogP contribution in [0, 0.1) is 0 Å². The summed E-state index contributed by atoms with van der Waals surface area (Å²) in [6, 6.07) is 8.35. The van der Waals surface area contributed by atoms with Gasteiger partial charge in [0.15, 0.2) is 0 Å². The molecular weight excluding hydrogens is 392 g/mol. The average Bonchev–Trinajstić information content (AvgIpc) is 3.43. The lowest BCUT2D eigenvalue weighted by atomic mass is 10.1. The van der Waals surface area contributed by atoms with Crippen LogP contribution in [0.15, 0.2) is 44.6 Å². The summed E-state index contributed by atoms with van der Waals surface area (Å²) < 4.78 is 6.78. The summed E-state index contributed by atoms with van der Waals surface area (Å²) in [5.41, 5.74) is 5.98. The maximum atomic E-state index is 12.2. The van der Waals surface area contributed by atoms with Gasteiger partial charge in [0, 0.05) is 39.0 Å². The van der Waals surface area contributed by atoms with Crippen molar-refractivity contribution in [1.82, 2.24) is 18.3 Å². The van der Waals surface area contributed by atoms with Crippen LogP contribution in [0.4, 0.5) is 0 Å². The molecule has 4 heterocycles. The zero-order valence-corrected chi connectivity index (χ0v) is 17.5. The van der Waals surface area contributed by atoms with E-state index in [1.165, 1.54) is 0 Å². The third-order valence-corrected chi connectivity index (χ3v) is 7.45. The fourth-order valence-corrected chi connectivity index (χ4v) is 6.09. The number of hydrogen-bond acceptors (Lipinski definition) is 4. The van der Waals surface area contributed by atoms with E-state index in [-0.39, 0.29) is 11.4 Å². The molecule has 0 radical (unpaired) electrons. The molecule has 142 valence electrons. The third kappa shape index (κ3) is 2.12. The molecule has 0 aliphatic heterocycles. The monoisotopic (exact) mass is 410 g/mol. The summed E-state index contributed by atoms with van der Waals surface area (Å²) >= 11 is 3.29. The first-order valence-corrected chi connectivity index (χ1v) is 10.5. The molecule has 5 aromatic rings. The predicted octanol–water partition coefficient (Wildman–Crippen LogP) is 3.52. The smallest absolute Gasteiger partial charge is 0.294 e. The normalized spacial score (nSPS) is 11.9. The van der Waals surface area contributed by atoms with Gasteiger partial charge in [-0.2, -0.15) is 0 Å². The van der Waals surface area contributed by atoms with E-state index in [4.69, 9.17) is 0 Å². The molecule has 8 heteroatoms. The number of thiophene rings is 2. The molecule has 0 spiro atoms. The van der Waals surface area contributed by atoms with Gasteiger partial charge in [-0.1, -0.05) is 24.3 Å². The second-order valence-electron chi connectivity index (χ2n) is 6.98. The number of fused-ring (bicyclic) bond motifs is 2. The SMILES string of the molecule is Cn1c(=O)n(C)c2c(-c3ccc(-c4scc5c4n(C)c(=O)n5C)cc3)scc21. The molecule has 6 nitrogen and oxygen atoms in total. The Morgan fingerprint density at radius 3 is 1.32 bits per heavy atom. The Bertz CT molecular complexity index is 1370. The Kier molecular flexibility index (Phi) is 3.59. The molecule has 0 saturated carbocycles. The van der Waals surface area contributed by atoms with E-state index in [2.05, 4.69) is 24.3 Å². The van der Waals surface area contributed by atoms with Gasteiger partial charge in [-0.05, 0) is 11.1 Å². The third-order valence-electron chi connectivity index (χ3n) is 5.44. The van der Waals surface area contributed by atoms with E-state index in [0.29, 0.717) is 0 Å². The number of rotatable bonds is 2. The van der Waals surface area contributed by atoms with Gasteiger partial charge in [-0.15, -0.1) is 22.7 Å². The molecule has 0 unspecified atom stereocenters. The van der Waals surface area contributed by atoms with Gasteiger partial charge in [-0.3, -0.25) is 18.3 Å². The topological polar surface area (TPSA) is 53.9 Å². The van der Waals surface area contributed by atoms with E-state index in [9.17, 15) is 9.59 Å². The Hall–Kier alpha value is -2.84. The van der Waals surface area contributed by atoms with Crippen LogP contribution in [0.25, 0.3) is 42.9 Å². The summed E-state index contributed by atoms with van der Waals surface area (Å²) in [5.74, 6) is 0. The summed E-state index contributed by atoms with van der Waals surface area (Å²) in [5, 5.41) is 4.06. The number of imidazole rings is 2. The van der Waals surface area contributed by atoms with Gasteiger partial charge < -0.3 is 0 Å². The molecule has 28 heavy (non-hydrogen) atoms. The number of benzene rings is 1. The highest BCUT2D eigenvalue weighted by atomic mass is 32.1. The summed E-state index contributed by atoms with van der Waals surface area (Å²) in [6.45, 7) is 0. The molecule has 0 amide bonds. The Morgan fingerprint density at radius 1 is 0.607 bits per heavy atom. The van der Waals surface area contributed by atoms with Crippen LogP contribution in [0.3, 0.4) is 0 Å². The van der Waals surface area contributed by atoms with Crippen molar-refractivity contribution in [1.29, 1.82) is 0 Å². The van der Waals surface area contributed by atoms with Crippen LogP contribution in [-0.4, -0.2) is 18.3 Å². The van der Waals surface area contributed by atoms with Gasteiger partial charge in [-0.25, -0.2) is 9.59 Å². The number of aryl methyl sites for hydroxylation is 4. The summed E-state index contributed by atoms with van der Waals surface area (Å²) in [7, 11) is 7.23. The minimum absolute atomic E-state index is 0.0124. The second-order valence-corrected chi connectivity index (χ2v) is 8.74. The van der Waals surface area contributed by atoms with Gasteiger partial charge in [0.2, 0.25) is 0 Å². The minimum atomic E-state index is -0.0124. The van der Waals surface area contributed by atoms with E-state index in [1.807, 2.05) is 24.9 Å². The summed E-state index contributed by atoms with van der Waals surface area (Å²) in [6.07, 6.45) is 0. The summed E-state index contributed by atoms with van der Waals surface area (Å²) in [4.78, 5) is 26.6. The van der Waals surface area contributed by atoms with Crippen molar-refractivity contribution in [3.63, 3.8) is 0 Å². The van der Waals surface area contributed by atoms with Gasteiger partial charge in [0.05, 0.1) is 31.8 Å². The second kappa shape index (κ2) is 5.83. The molecule has 5 rings (SSSR count). The van der Waals surface area contributed by atoms with Gasteiger partial charge in [0.1, 0.15) is 0 Å². The molecule has 0 saturated heterocycles. The maximum absolute atomic E-state index is 12.2. The van der Waals surface area contributed by atoms with Crippen LogP contribution in [-0.2, 0) is 28.2 Å². The highest BCUT2D eigenvalue weighted by molar-refractivity contribution is 7.15. The molecule has 0 atom stereocenters. The molecule has 1 aromatic carbocycles. The first-order valence-electron chi connectivity index (χ1n) is 8.76. The predicted molar refractivity (Wildman–Crippen MR) is 117 cm³/mol. The molecule has 4 aromatic heterocycles. The fraction of sp³-hybridized carbons (Fsp3) is 0.200. The van der Waals surface area contributed by atoms with E-state index in [0.717, 1.165) is 42.9 Å².